The molecule has 0 atom stereocenters. The van der Waals surface area contributed by atoms with Gasteiger partial charge in [-0.25, -0.2) is 0 Å². The Morgan fingerprint density at radius 3 is 2.93 bits per heavy atom. The third kappa shape index (κ3) is 4.60. The predicted octanol–water partition coefficient (Wildman–Crippen LogP) is 2.51. The molecule has 1 heterocycles. The Bertz CT molecular complexity index is 293. The smallest absolute Gasteiger partial charge is 0.0558 e. The molecule has 15 heavy (non-hydrogen) atoms. The monoisotopic (exact) mass is 225 g/mol. The first-order chi connectivity index (χ1) is 7.26. The predicted molar refractivity (Wildman–Crippen MR) is 66.1 cm³/mol. The van der Waals surface area contributed by atoms with Gasteiger partial charge in [-0.2, -0.15) is 0 Å². The Labute approximate surface area is 95.9 Å². The van der Waals surface area contributed by atoms with Crippen LogP contribution in [-0.4, -0.2) is 29.7 Å². The lowest BCUT2D eigenvalue weighted by Gasteiger charge is -2.20. The fourth-order valence-electron chi connectivity index (χ4n) is 1.42. The molecule has 1 aromatic heterocycles. The van der Waals surface area contributed by atoms with E-state index in [4.69, 9.17) is 5.11 Å². The molecule has 1 aromatic rings. The molecule has 0 amide bonds. The van der Waals surface area contributed by atoms with Crippen LogP contribution < -0.4 is 0 Å². The topological polar surface area (TPSA) is 23.5 Å². The van der Waals surface area contributed by atoms with Crippen LogP contribution in [0.25, 0.3) is 0 Å². The summed E-state index contributed by atoms with van der Waals surface area (Å²) in [4.78, 5) is 3.62. The SMILES string of the molecule is CC=C(C)CN(CCO)Cc1cccs1. The van der Waals surface area contributed by atoms with Crippen molar-refractivity contribution in [2.24, 2.45) is 0 Å². The molecule has 1 N–H and O–H groups in total. The Hall–Kier alpha value is -0.640. The Balaban J connectivity index is 2.50. The molecule has 0 aromatic carbocycles. The lowest BCUT2D eigenvalue weighted by Crippen LogP contribution is -2.27. The van der Waals surface area contributed by atoms with Gasteiger partial charge in [-0.3, -0.25) is 4.90 Å². The third-order valence-electron chi connectivity index (χ3n) is 2.34. The summed E-state index contributed by atoms with van der Waals surface area (Å²) in [5.41, 5.74) is 1.35. The molecule has 2 nitrogen and oxygen atoms in total. The normalized spacial score (nSPS) is 12.4. The van der Waals surface area contributed by atoms with Crippen LogP contribution in [0.15, 0.2) is 29.2 Å². The van der Waals surface area contributed by atoms with Gasteiger partial charge in [-0.1, -0.05) is 17.7 Å². The van der Waals surface area contributed by atoms with E-state index in [1.807, 2.05) is 0 Å². The van der Waals surface area contributed by atoms with E-state index in [9.17, 15) is 0 Å². The van der Waals surface area contributed by atoms with Gasteiger partial charge in [-0.15, -0.1) is 11.3 Å². The minimum Gasteiger partial charge on any atom is -0.395 e. The van der Waals surface area contributed by atoms with Gasteiger partial charge in [0.15, 0.2) is 0 Å². The Morgan fingerprint density at radius 1 is 1.60 bits per heavy atom. The second kappa shape index (κ2) is 6.77. The quantitative estimate of drug-likeness (QED) is 0.752. The van der Waals surface area contributed by atoms with E-state index in [1.165, 1.54) is 10.5 Å². The molecule has 0 aliphatic heterocycles. The van der Waals surface area contributed by atoms with Crippen molar-refractivity contribution in [2.75, 3.05) is 19.7 Å². The number of aliphatic hydroxyl groups is 1. The van der Waals surface area contributed by atoms with E-state index in [-0.39, 0.29) is 6.61 Å². The van der Waals surface area contributed by atoms with Crippen LogP contribution in [0.3, 0.4) is 0 Å². The van der Waals surface area contributed by atoms with Crippen LogP contribution in [0.5, 0.6) is 0 Å². The number of hydrogen-bond donors (Lipinski definition) is 1. The Kier molecular flexibility index (Phi) is 5.61. The summed E-state index contributed by atoms with van der Waals surface area (Å²) in [5.74, 6) is 0. The molecule has 3 heteroatoms. The minimum atomic E-state index is 0.225. The molecule has 1 rings (SSSR count). The van der Waals surface area contributed by atoms with Gasteiger partial charge in [-0.05, 0) is 25.3 Å². The van der Waals surface area contributed by atoms with E-state index in [0.29, 0.717) is 0 Å². The maximum Gasteiger partial charge on any atom is 0.0558 e. The lowest BCUT2D eigenvalue weighted by molar-refractivity contribution is 0.201. The van der Waals surface area contributed by atoms with Gasteiger partial charge in [0.1, 0.15) is 0 Å². The second-order valence-corrected chi connectivity index (χ2v) is 4.68. The standard InChI is InChI=1S/C12H19NOS/c1-3-11(2)9-13(6-7-14)10-12-5-4-8-15-12/h3-5,8,14H,6-7,9-10H2,1-2H3. The van der Waals surface area contributed by atoms with Gasteiger partial charge in [0.25, 0.3) is 0 Å². The van der Waals surface area contributed by atoms with Crippen molar-refractivity contribution in [3.63, 3.8) is 0 Å². The molecule has 0 unspecified atom stereocenters. The highest BCUT2D eigenvalue weighted by atomic mass is 32.1. The minimum absolute atomic E-state index is 0.225. The number of nitrogens with zero attached hydrogens (tertiary/aromatic N) is 1. The average Bonchev–Trinajstić information content (AvgIpc) is 2.70. The van der Waals surface area contributed by atoms with Crippen LogP contribution in [-0.2, 0) is 6.54 Å². The third-order valence-corrected chi connectivity index (χ3v) is 3.20. The van der Waals surface area contributed by atoms with Crippen molar-refractivity contribution in [2.45, 2.75) is 20.4 Å². The zero-order valence-corrected chi connectivity index (χ0v) is 10.3. The highest BCUT2D eigenvalue weighted by molar-refractivity contribution is 7.09. The van der Waals surface area contributed by atoms with Gasteiger partial charge in [0.05, 0.1) is 6.61 Å². The molecule has 84 valence electrons. The van der Waals surface area contributed by atoms with Gasteiger partial charge in [0.2, 0.25) is 0 Å². The zero-order chi connectivity index (χ0) is 11.1. The first-order valence-corrected chi connectivity index (χ1v) is 6.11. The molecule has 0 saturated carbocycles. The van der Waals surface area contributed by atoms with Gasteiger partial charge < -0.3 is 5.11 Å². The molecule has 0 radical (unpaired) electrons. The molecule has 0 spiro atoms. The van der Waals surface area contributed by atoms with Crippen LogP contribution in [0.1, 0.15) is 18.7 Å². The van der Waals surface area contributed by atoms with Crippen molar-refractivity contribution in [1.29, 1.82) is 0 Å². The van der Waals surface area contributed by atoms with E-state index < -0.39 is 0 Å². The number of rotatable bonds is 6. The van der Waals surface area contributed by atoms with Crippen molar-refractivity contribution in [3.05, 3.63) is 34.0 Å². The van der Waals surface area contributed by atoms with Crippen molar-refractivity contribution >= 4 is 11.3 Å². The van der Waals surface area contributed by atoms with Crippen LogP contribution in [0, 0.1) is 0 Å². The van der Waals surface area contributed by atoms with E-state index in [0.717, 1.165) is 19.6 Å². The van der Waals surface area contributed by atoms with E-state index >= 15 is 0 Å². The van der Waals surface area contributed by atoms with Crippen molar-refractivity contribution in [3.8, 4) is 0 Å². The molecule has 0 aliphatic rings. The number of aliphatic hydroxyl groups excluding tert-OH is 1. The maximum absolute atomic E-state index is 8.99. The summed E-state index contributed by atoms with van der Waals surface area (Å²) in [6.07, 6.45) is 2.12. The highest BCUT2D eigenvalue weighted by Crippen LogP contribution is 2.12. The van der Waals surface area contributed by atoms with Crippen LogP contribution in [0.2, 0.25) is 0 Å². The van der Waals surface area contributed by atoms with Crippen LogP contribution in [0.4, 0.5) is 0 Å². The first-order valence-electron chi connectivity index (χ1n) is 5.23. The number of hydrogen-bond acceptors (Lipinski definition) is 3. The van der Waals surface area contributed by atoms with Crippen LogP contribution >= 0.6 is 11.3 Å². The molecular weight excluding hydrogens is 206 g/mol. The summed E-state index contributed by atoms with van der Waals surface area (Å²) in [5, 5.41) is 11.1. The number of thiophene rings is 1. The fourth-order valence-corrected chi connectivity index (χ4v) is 2.17. The van der Waals surface area contributed by atoms with Crippen molar-refractivity contribution in [1.82, 2.24) is 4.90 Å². The van der Waals surface area contributed by atoms with E-state index in [2.05, 4.69) is 42.3 Å². The molecule has 0 saturated heterocycles. The largest absolute Gasteiger partial charge is 0.395 e. The first kappa shape index (κ1) is 12.4. The molecule has 0 bridgehead atoms. The lowest BCUT2D eigenvalue weighted by atomic mass is 10.2. The summed E-state index contributed by atoms with van der Waals surface area (Å²) >= 11 is 1.77. The number of allylic oxidation sites excluding steroid dienone is 1. The molecule has 0 fully saturated rings. The summed E-state index contributed by atoms with van der Waals surface area (Å²) in [6.45, 7) is 7.01. The second-order valence-electron chi connectivity index (χ2n) is 3.65. The highest BCUT2D eigenvalue weighted by Gasteiger charge is 2.06. The summed E-state index contributed by atoms with van der Waals surface area (Å²) in [6, 6.07) is 4.21. The summed E-state index contributed by atoms with van der Waals surface area (Å²) < 4.78 is 0. The molecular formula is C12H19NOS. The summed E-state index contributed by atoms with van der Waals surface area (Å²) in [7, 11) is 0. The fraction of sp³-hybridized carbons (Fsp3) is 0.500. The van der Waals surface area contributed by atoms with Crippen molar-refractivity contribution < 1.29 is 5.11 Å². The zero-order valence-electron chi connectivity index (χ0n) is 9.44. The van der Waals surface area contributed by atoms with Gasteiger partial charge >= 0.3 is 0 Å². The maximum atomic E-state index is 8.99. The Morgan fingerprint density at radius 2 is 2.40 bits per heavy atom. The van der Waals surface area contributed by atoms with E-state index in [1.54, 1.807) is 11.3 Å². The van der Waals surface area contributed by atoms with Gasteiger partial charge in [0, 0.05) is 24.5 Å². The average molecular weight is 225 g/mol. The molecule has 0 aliphatic carbocycles.